The summed E-state index contributed by atoms with van der Waals surface area (Å²) in [7, 11) is -10.5. The van der Waals surface area contributed by atoms with Gasteiger partial charge in [-0.2, -0.15) is 0 Å². The lowest BCUT2D eigenvalue weighted by molar-refractivity contribution is 0.112. The fraction of sp³-hybridized carbons (Fsp3) is 0.594. The van der Waals surface area contributed by atoms with Crippen LogP contribution in [0, 0.1) is 45.1 Å². The van der Waals surface area contributed by atoms with E-state index >= 15 is 0 Å². The molecule has 393 valence electrons. The van der Waals surface area contributed by atoms with Crippen LogP contribution in [-0.4, -0.2) is 68.8 Å². The predicted molar refractivity (Wildman–Crippen MR) is 343 cm³/mol. The second kappa shape index (κ2) is 20.9. The molecule has 0 N–H and O–H groups in total. The van der Waals surface area contributed by atoms with Gasteiger partial charge in [-0.15, -0.1) is 0 Å². The van der Waals surface area contributed by atoms with Crippen LogP contribution in [0.4, 0.5) is 0 Å². The zero-order valence-electron chi connectivity index (χ0n) is 51.3. The lowest BCUT2D eigenvalue weighted by Gasteiger charge is -2.64. The molecule has 1 nitrogen and oxygen atoms in total. The van der Waals surface area contributed by atoms with Crippen molar-refractivity contribution in [3.05, 3.63) is 146 Å². The van der Waals surface area contributed by atoms with E-state index in [0.717, 1.165) is 6.42 Å². The topological polar surface area (TPSA) is 4.36 Å². The van der Waals surface area contributed by atoms with Crippen LogP contribution in [0.1, 0.15) is 114 Å². The van der Waals surface area contributed by atoms with Gasteiger partial charge in [0.2, 0.25) is 6.04 Å². The van der Waals surface area contributed by atoms with E-state index in [4.69, 9.17) is 4.85 Å². The summed E-state index contributed by atoms with van der Waals surface area (Å²) in [6, 6.07) is 34.6. The van der Waals surface area contributed by atoms with E-state index in [9.17, 15) is 6.57 Å². The van der Waals surface area contributed by atoms with Gasteiger partial charge >= 0.3 is 0 Å². The number of hydrogen-bond acceptors (Lipinski definition) is 0. The molecule has 4 atom stereocenters. The molecule has 4 aromatic carbocycles. The van der Waals surface area contributed by atoms with Crippen LogP contribution >= 0.6 is 0 Å². The monoisotopic (exact) mass is 1080 g/mol. The number of aryl methyl sites for hydroxylation is 3. The van der Waals surface area contributed by atoms with Gasteiger partial charge in [0.1, 0.15) is 0 Å². The minimum atomic E-state index is -1.86. The zero-order chi connectivity index (χ0) is 54.9. The number of hydrogen-bond donors (Lipinski definition) is 0. The Labute approximate surface area is 453 Å². The average molecular weight is 1080 g/mol. The Balaban J connectivity index is 2.36. The summed E-state index contributed by atoms with van der Waals surface area (Å²) in [5, 5.41) is 4.74. The highest BCUT2D eigenvalue weighted by atomic mass is 28.4. The van der Waals surface area contributed by atoms with Gasteiger partial charge in [-0.1, -0.05) is 255 Å². The number of nitrogens with zero attached hydrogens (tertiary/aromatic N) is 1. The van der Waals surface area contributed by atoms with E-state index in [0.29, 0.717) is 24.6 Å². The van der Waals surface area contributed by atoms with E-state index in [1.54, 1.807) is 27.4 Å². The first-order valence-corrected chi connectivity index (χ1v) is 50.5. The first-order chi connectivity index (χ1) is 32.7. The molecule has 5 rings (SSSR count). The molecule has 0 heterocycles. The summed E-state index contributed by atoms with van der Waals surface area (Å²) < 4.78 is 0. The molecule has 0 saturated heterocycles. The largest absolute Gasteiger partial charge is 0.311 e. The third-order valence-electron chi connectivity index (χ3n) is 17.8. The molecule has 1 radical (unpaired) electrons. The molecule has 1 saturated carbocycles. The van der Waals surface area contributed by atoms with Crippen molar-refractivity contribution in [3.8, 4) is 0 Å². The summed E-state index contributed by atoms with van der Waals surface area (Å²) in [4.78, 5) is 5.50. The van der Waals surface area contributed by atoms with E-state index in [1.807, 2.05) is 0 Å². The third kappa shape index (κ3) is 10.9. The van der Waals surface area contributed by atoms with Crippen molar-refractivity contribution in [2.75, 3.05) is 0 Å². The van der Waals surface area contributed by atoms with E-state index < -0.39 is 64.7 Å². The maximum atomic E-state index is 10.4. The van der Waals surface area contributed by atoms with Gasteiger partial charge in [0.15, 0.2) is 0 Å². The molecule has 4 unspecified atom stereocenters. The Morgan fingerprint density at radius 2 is 0.806 bits per heavy atom. The first kappa shape index (κ1) is 60.6. The van der Waals surface area contributed by atoms with Crippen molar-refractivity contribution >= 4 is 67.9 Å². The normalized spacial score (nSPS) is 22.6. The van der Waals surface area contributed by atoms with Crippen molar-refractivity contribution in [2.24, 2.45) is 17.8 Å². The van der Waals surface area contributed by atoms with Gasteiger partial charge in [-0.25, -0.2) is 6.57 Å². The SMILES string of the molecule is [C-]#[N+]C1C(c2ccccc2C([Si](C)(C)C)[Si](C)(C)C)(C(C)C)CC(c2ccccc2C([Si](C)(C)C)[Si](C)(C)C)(C(C)C)C(=[Si]c2c(C)cc(C)cc2C)C1(c1ccccc1C([Si](C)(C)C)[Si](C)(C)C)C(C)C. The van der Waals surface area contributed by atoms with Gasteiger partial charge < -0.3 is 4.85 Å². The lowest BCUT2D eigenvalue weighted by Crippen LogP contribution is -2.73. The van der Waals surface area contributed by atoms with Crippen LogP contribution in [0.15, 0.2) is 84.9 Å². The molecule has 0 aliphatic heterocycles. The van der Waals surface area contributed by atoms with Gasteiger partial charge in [0, 0.05) is 53.9 Å². The van der Waals surface area contributed by atoms with Crippen LogP contribution in [0.5, 0.6) is 0 Å². The molecule has 4 aromatic rings. The fourth-order valence-corrected chi connectivity index (χ4v) is 57.5. The third-order valence-corrected chi connectivity index (χ3v) is 47.8. The van der Waals surface area contributed by atoms with Crippen LogP contribution < -0.4 is 5.19 Å². The van der Waals surface area contributed by atoms with Crippen LogP contribution in [0.3, 0.4) is 0 Å². The van der Waals surface area contributed by atoms with Gasteiger partial charge in [0.05, 0.1) is 20.0 Å². The van der Waals surface area contributed by atoms with Gasteiger partial charge in [-0.3, -0.25) is 0 Å². The quantitative estimate of drug-likeness (QED) is 0.0778. The molecule has 0 amide bonds. The molecule has 1 fully saturated rings. The molecular weight excluding hydrogens is 979 g/mol. The molecule has 0 aromatic heterocycles. The second-order valence-corrected chi connectivity index (χ2v) is 65.4. The Bertz CT molecular complexity index is 2580. The van der Waals surface area contributed by atoms with Crippen molar-refractivity contribution in [1.82, 2.24) is 0 Å². The summed E-state index contributed by atoms with van der Waals surface area (Å²) >= 11 is 0. The maximum Gasteiger partial charge on any atom is 0.246 e. The van der Waals surface area contributed by atoms with E-state index in [1.165, 1.54) is 33.0 Å². The Morgan fingerprint density at radius 3 is 1.14 bits per heavy atom. The standard InChI is InChI=1S/C64H104NSi7/c1-44(2)62(53-38-32-29-35-50(53)57(67(11,12)13)68(14,15)16)43-63(45(3)4,54-39-33-30-36-51(54)58(69(17,18)19)70(20,21)22)61(66-56-48(8)41-47(7)42-49(56)9)64(46(5)6,60(62)65-10)55-40-34-31-37-52(55)59(71(23,24)25)72(26,27)28/h29-42,44-46,57-60H,43H2,1-9,11-28H3. The van der Waals surface area contributed by atoms with Crippen LogP contribution in [-0.2, 0) is 16.2 Å². The molecule has 1 aliphatic rings. The lowest BCUT2D eigenvalue weighted by atomic mass is 9.39. The minimum Gasteiger partial charge on any atom is -0.311 e. The minimum absolute atomic E-state index is 0.126. The maximum absolute atomic E-state index is 10.4. The van der Waals surface area contributed by atoms with Crippen molar-refractivity contribution < 1.29 is 0 Å². The summed E-state index contributed by atoms with van der Waals surface area (Å²) in [5.41, 5.74) is 12.0. The van der Waals surface area contributed by atoms with Gasteiger partial charge in [-0.05, 0) is 110 Å². The molecule has 1 aliphatic carbocycles. The highest BCUT2D eigenvalue weighted by molar-refractivity contribution is 6.97. The van der Waals surface area contributed by atoms with E-state index in [-0.39, 0.29) is 23.8 Å². The van der Waals surface area contributed by atoms with Gasteiger partial charge in [0.25, 0.3) is 0 Å². The summed E-state index contributed by atoms with van der Waals surface area (Å²) in [5.74, 6) is 0.549. The fourth-order valence-electron chi connectivity index (χ4n) is 16.9. The zero-order valence-corrected chi connectivity index (χ0v) is 58.3. The molecule has 0 bridgehead atoms. The van der Waals surface area contributed by atoms with Crippen molar-refractivity contribution in [2.45, 2.75) is 224 Å². The Morgan fingerprint density at radius 1 is 0.472 bits per heavy atom. The smallest absolute Gasteiger partial charge is 0.246 e. The predicted octanol–water partition coefficient (Wildman–Crippen LogP) is 18.1. The number of rotatable bonds is 16. The second-order valence-electron chi connectivity index (χ2n) is 30.6. The summed E-state index contributed by atoms with van der Waals surface area (Å²) in [6.07, 6.45) is 0.930. The molecule has 0 spiro atoms. The average Bonchev–Trinajstić information content (AvgIpc) is 3.19. The Hall–Kier alpha value is -2.24. The van der Waals surface area contributed by atoms with Crippen molar-refractivity contribution in [1.29, 1.82) is 0 Å². The van der Waals surface area contributed by atoms with Crippen LogP contribution in [0.2, 0.25) is 118 Å². The van der Waals surface area contributed by atoms with E-state index in [2.05, 4.69) is 265 Å². The molecule has 8 heteroatoms. The van der Waals surface area contributed by atoms with Crippen LogP contribution in [0.25, 0.3) is 4.85 Å². The summed E-state index contributed by atoms with van der Waals surface area (Å²) in [6.45, 7) is 80.7. The number of benzene rings is 4. The highest BCUT2D eigenvalue weighted by Crippen LogP contribution is 2.66. The molecule has 72 heavy (non-hydrogen) atoms. The Kier molecular flexibility index (Phi) is 17.6. The molecular formula is C64H104NSi7. The first-order valence-electron chi connectivity index (χ1n) is 28.1. The highest BCUT2D eigenvalue weighted by Gasteiger charge is 2.73. The van der Waals surface area contributed by atoms with Crippen molar-refractivity contribution in [3.63, 3.8) is 0 Å².